The fourth-order valence-electron chi connectivity index (χ4n) is 2.57. The summed E-state index contributed by atoms with van der Waals surface area (Å²) in [5.74, 6) is -0.625. The van der Waals surface area contributed by atoms with Gasteiger partial charge in [0.25, 0.3) is 5.91 Å². The maximum atomic E-state index is 14.1. The lowest BCUT2D eigenvalue weighted by molar-refractivity contribution is 0.102. The van der Waals surface area contributed by atoms with Gasteiger partial charge in [0.1, 0.15) is 18.2 Å². The van der Waals surface area contributed by atoms with E-state index in [2.05, 4.69) is 5.32 Å². The largest absolute Gasteiger partial charge is 0.489 e. The van der Waals surface area contributed by atoms with E-state index in [1.54, 1.807) is 36.4 Å². The maximum absolute atomic E-state index is 14.1. The van der Waals surface area contributed by atoms with Gasteiger partial charge >= 0.3 is 0 Å². The van der Waals surface area contributed by atoms with Gasteiger partial charge in [-0.1, -0.05) is 36.4 Å². The molecule has 5 nitrogen and oxygen atoms in total. The number of amides is 1. The zero-order valence-corrected chi connectivity index (χ0v) is 15.9. The molecule has 7 heteroatoms. The van der Waals surface area contributed by atoms with Gasteiger partial charge in [-0.3, -0.25) is 4.79 Å². The lowest BCUT2D eigenvalue weighted by atomic mass is 10.1. The van der Waals surface area contributed by atoms with Gasteiger partial charge in [-0.2, -0.15) is 0 Å². The summed E-state index contributed by atoms with van der Waals surface area (Å²) in [6, 6.07) is 19.2. The number of hydrogen-bond acceptors (Lipinski definition) is 4. The van der Waals surface area contributed by atoms with Gasteiger partial charge in [-0.25, -0.2) is 12.8 Å². The van der Waals surface area contributed by atoms with E-state index in [4.69, 9.17) is 4.74 Å². The summed E-state index contributed by atoms with van der Waals surface area (Å²) in [5, 5.41) is 2.44. The number of hydrogen-bond donors (Lipinski definition) is 1. The highest BCUT2D eigenvalue weighted by Gasteiger charge is 2.16. The first-order valence-corrected chi connectivity index (χ1v) is 10.3. The first-order valence-electron chi connectivity index (χ1n) is 8.41. The third-order valence-corrected chi connectivity index (χ3v) is 5.12. The van der Waals surface area contributed by atoms with Crippen molar-refractivity contribution in [2.75, 3.05) is 11.6 Å². The molecule has 0 aliphatic carbocycles. The van der Waals surface area contributed by atoms with Crippen molar-refractivity contribution < 1.29 is 22.3 Å². The van der Waals surface area contributed by atoms with Gasteiger partial charge in [0.2, 0.25) is 0 Å². The summed E-state index contributed by atoms with van der Waals surface area (Å²) < 4.78 is 43.1. The van der Waals surface area contributed by atoms with Crippen LogP contribution < -0.4 is 10.1 Å². The van der Waals surface area contributed by atoms with Crippen LogP contribution in [0, 0.1) is 5.82 Å². The molecule has 0 aliphatic heterocycles. The Labute approximate surface area is 162 Å². The number of sulfone groups is 1. The lowest BCUT2D eigenvalue weighted by Crippen LogP contribution is -2.16. The highest BCUT2D eigenvalue weighted by molar-refractivity contribution is 7.90. The molecule has 0 heterocycles. The van der Waals surface area contributed by atoms with Crippen molar-refractivity contribution in [2.45, 2.75) is 11.5 Å². The second kappa shape index (κ2) is 8.22. The summed E-state index contributed by atoms with van der Waals surface area (Å²) in [4.78, 5) is 12.6. The standard InChI is InChI=1S/C21H18FNO4S/c1-28(25,26)17-11-12-19(22)20(13-17)23-21(24)18-10-6-5-7-15(18)14-27-16-8-3-2-4-9-16/h2-13H,14H2,1H3,(H,23,24). The fourth-order valence-corrected chi connectivity index (χ4v) is 3.21. The Morgan fingerprint density at radius 3 is 2.39 bits per heavy atom. The Bertz CT molecular complexity index is 1100. The van der Waals surface area contributed by atoms with Crippen LogP contribution in [0.2, 0.25) is 0 Å². The predicted molar refractivity (Wildman–Crippen MR) is 105 cm³/mol. The van der Waals surface area contributed by atoms with E-state index >= 15 is 0 Å². The van der Waals surface area contributed by atoms with Crippen molar-refractivity contribution in [3.8, 4) is 5.75 Å². The van der Waals surface area contributed by atoms with Gasteiger partial charge in [0, 0.05) is 17.4 Å². The highest BCUT2D eigenvalue weighted by atomic mass is 32.2. The molecule has 3 aromatic carbocycles. The third-order valence-electron chi connectivity index (χ3n) is 4.01. The second-order valence-electron chi connectivity index (χ2n) is 6.13. The minimum absolute atomic E-state index is 0.0788. The van der Waals surface area contributed by atoms with Crippen molar-refractivity contribution in [3.05, 3.63) is 89.7 Å². The van der Waals surface area contributed by atoms with Crippen molar-refractivity contribution in [2.24, 2.45) is 0 Å². The fraction of sp³-hybridized carbons (Fsp3) is 0.0952. The van der Waals surface area contributed by atoms with Crippen molar-refractivity contribution in [1.82, 2.24) is 0 Å². The molecule has 28 heavy (non-hydrogen) atoms. The minimum Gasteiger partial charge on any atom is -0.489 e. The summed E-state index contributed by atoms with van der Waals surface area (Å²) >= 11 is 0. The molecule has 0 saturated heterocycles. The molecule has 144 valence electrons. The topological polar surface area (TPSA) is 72.5 Å². The zero-order valence-electron chi connectivity index (χ0n) is 15.1. The second-order valence-corrected chi connectivity index (χ2v) is 8.14. The molecular formula is C21H18FNO4S. The molecule has 0 fully saturated rings. The summed E-state index contributed by atoms with van der Waals surface area (Å²) in [6.45, 7) is 0.152. The molecule has 1 N–H and O–H groups in total. The zero-order chi connectivity index (χ0) is 20.1. The predicted octanol–water partition coefficient (Wildman–Crippen LogP) is 4.06. The number of anilines is 1. The third kappa shape index (κ3) is 4.75. The van der Waals surface area contributed by atoms with Crippen LogP contribution in [-0.2, 0) is 16.4 Å². The number of para-hydroxylation sites is 1. The first kappa shape index (κ1) is 19.6. The Kier molecular flexibility index (Phi) is 5.75. The molecule has 0 aliphatic rings. The Balaban J connectivity index is 1.82. The van der Waals surface area contributed by atoms with Crippen LogP contribution in [0.1, 0.15) is 15.9 Å². The average Bonchev–Trinajstić information content (AvgIpc) is 2.68. The molecule has 1 amide bonds. The van der Waals surface area contributed by atoms with Crippen molar-refractivity contribution in [1.29, 1.82) is 0 Å². The van der Waals surface area contributed by atoms with E-state index in [1.807, 2.05) is 18.2 Å². The van der Waals surface area contributed by atoms with Crippen LogP contribution in [0.25, 0.3) is 0 Å². The van der Waals surface area contributed by atoms with Gasteiger partial charge in [-0.05, 0) is 36.4 Å². The van der Waals surface area contributed by atoms with Crippen LogP contribution in [0.4, 0.5) is 10.1 Å². The van der Waals surface area contributed by atoms with E-state index in [1.165, 1.54) is 0 Å². The van der Waals surface area contributed by atoms with Crippen LogP contribution in [0.3, 0.4) is 0 Å². The van der Waals surface area contributed by atoms with Gasteiger partial charge < -0.3 is 10.1 Å². The molecule has 3 rings (SSSR count). The Morgan fingerprint density at radius 2 is 1.68 bits per heavy atom. The normalized spacial score (nSPS) is 11.1. The summed E-state index contributed by atoms with van der Waals surface area (Å²) in [5.41, 5.74) is 0.720. The number of rotatable bonds is 6. The molecule has 3 aromatic rings. The van der Waals surface area contributed by atoms with Crippen LogP contribution in [0.15, 0.2) is 77.7 Å². The highest BCUT2D eigenvalue weighted by Crippen LogP contribution is 2.21. The van der Waals surface area contributed by atoms with Crippen molar-refractivity contribution >= 4 is 21.4 Å². The van der Waals surface area contributed by atoms with Gasteiger partial charge in [0.05, 0.1) is 10.6 Å². The Morgan fingerprint density at radius 1 is 1.00 bits per heavy atom. The van der Waals surface area contributed by atoms with Crippen LogP contribution >= 0.6 is 0 Å². The van der Waals surface area contributed by atoms with Gasteiger partial charge in [0.15, 0.2) is 9.84 Å². The molecule has 0 bridgehead atoms. The molecule has 0 radical (unpaired) electrons. The average molecular weight is 399 g/mol. The monoisotopic (exact) mass is 399 g/mol. The molecule has 0 aromatic heterocycles. The molecule has 0 atom stereocenters. The quantitative estimate of drug-likeness (QED) is 0.635. The number of carbonyl (C=O) groups is 1. The summed E-state index contributed by atoms with van der Waals surface area (Å²) in [7, 11) is -3.53. The Hall–Kier alpha value is -3.19. The number of halogens is 1. The van der Waals surface area contributed by atoms with E-state index in [0.29, 0.717) is 16.9 Å². The number of nitrogens with one attached hydrogen (secondary N) is 1. The number of carbonyl (C=O) groups excluding carboxylic acids is 1. The maximum Gasteiger partial charge on any atom is 0.256 e. The van der Waals surface area contributed by atoms with Gasteiger partial charge in [-0.15, -0.1) is 0 Å². The molecular weight excluding hydrogens is 381 g/mol. The minimum atomic E-state index is -3.53. The SMILES string of the molecule is CS(=O)(=O)c1ccc(F)c(NC(=O)c2ccccc2COc2ccccc2)c1. The van der Waals surface area contributed by atoms with E-state index in [0.717, 1.165) is 24.5 Å². The smallest absolute Gasteiger partial charge is 0.256 e. The summed E-state index contributed by atoms with van der Waals surface area (Å²) in [6.07, 6.45) is 1.02. The number of ether oxygens (including phenoxy) is 1. The molecule has 0 saturated carbocycles. The molecule has 0 spiro atoms. The van der Waals surface area contributed by atoms with E-state index < -0.39 is 21.6 Å². The van der Waals surface area contributed by atoms with E-state index in [-0.39, 0.29) is 17.2 Å². The first-order chi connectivity index (χ1) is 13.3. The number of benzene rings is 3. The van der Waals surface area contributed by atoms with Crippen molar-refractivity contribution in [3.63, 3.8) is 0 Å². The van der Waals surface area contributed by atoms with Crippen LogP contribution in [0.5, 0.6) is 5.75 Å². The molecule has 0 unspecified atom stereocenters. The van der Waals surface area contributed by atoms with E-state index in [9.17, 15) is 17.6 Å². The lowest BCUT2D eigenvalue weighted by Gasteiger charge is -2.12. The van der Waals surface area contributed by atoms with Crippen LogP contribution in [-0.4, -0.2) is 20.6 Å².